The van der Waals surface area contributed by atoms with Crippen molar-refractivity contribution in [2.75, 3.05) is 5.32 Å². The van der Waals surface area contributed by atoms with E-state index in [1.165, 1.54) is 30.6 Å². The van der Waals surface area contributed by atoms with Gasteiger partial charge < -0.3 is 5.32 Å². The third kappa shape index (κ3) is 1.83. The molecule has 1 unspecified atom stereocenters. The van der Waals surface area contributed by atoms with Crippen LogP contribution in [-0.4, -0.2) is 15.8 Å². The van der Waals surface area contributed by atoms with E-state index >= 15 is 0 Å². The first-order chi connectivity index (χ1) is 7.42. The first kappa shape index (κ1) is 11.5. The van der Waals surface area contributed by atoms with Crippen molar-refractivity contribution in [3.05, 3.63) is 11.4 Å². The maximum atomic E-state index is 4.45. The maximum absolute atomic E-state index is 4.45. The number of nitrogens with one attached hydrogen (secondary N) is 1. The number of hydrogen-bond donors (Lipinski definition) is 1. The molecule has 3 heteroatoms. The molecule has 0 amide bonds. The summed E-state index contributed by atoms with van der Waals surface area (Å²) in [5.41, 5.74) is 4.00. The van der Waals surface area contributed by atoms with Gasteiger partial charge in [0.1, 0.15) is 0 Å². The first-order valence-corrected chi connectivity index (χ1v) is 6.18. The van der Waals surface area contributed by atoms with Crippen LogP contribution in [0.25, 0.3) is 0 Å². The van der Waals surface area contributed by atoms with E-state index in [0.29, 0.717) is 11.5 Å². The van der Waals surface area contributed by atoms with E-state index in [1.807, 2.05) is 11.7 Å². The molecule has 1 aromatic rings. The lowest BCUT2D eigenvalue weighted by atomic mass is 9.87. The van der Waals surface area contributed by atoms with Crippen molar-refractivity contribution < 1.29 is 0 Å². The van der Waals surface area contributed by atoms with Gasteiger partial charge >= 0.3 is 0 Å². The highest BCUT2D eigenvalue weighted by Gasteiger charge is 2.35. The average molecular weight is 221 g/mol. The van der Waals surface area contributed by atoms with Gasteiger partial charge in [-0.25, -0.2) is 0 Å². The Labute approximate surface area is 98.2 Å². The Morgan fingerprint density at radius 1 is 1.38 bits per heavy atom. The van der Waals surface area contributed by atoms with Crippen LogP contribution in [0.4, 0.5) is 5.69 Å². The van der Waals surface area contributed by atoms with Crippen molar-refractivity contribution in [3.8, 4) is 0 Å². The van der Waals surface area contributed by atoms with Gasteiger partial charge in [0, 0.05) is 13.1 Å². The van der Waals surface area contributed by atoms with E-state index < -0.39 is 0 Å². The second-order valence-electron chi connectivity index (χ2n) is 5.75. The third-order valence-corrected chi connectivity index (χ3v) is 4.08. The lowest BCUT2D eigenvalue weighted by Crippen LogP contribution is -2.31. The van der Waals surface area contributed by atoms with E-state index in [1.54, 1.807) is 0 Å². The van der Waals surface area contributed by atoms with Crippen LogP contribution in [0.3, 0.4) is 0 Å². The van der Waals surface area contributed by atoms with Crippen molar-refractivity contribution in [1.82, 2.24) is 9.78 Å². The van der Waals surface area contributed by atoms with Gasteiger partial charge in [-0.15, -0.1) is 0 Å². The van der Waals surface area contributed by atoms with Gasteiger partial charge in [-0.3, -0.25) is 4.68 Å². The van der Waals surface area contributed by atoms with Gasteiger partial charge in [-0.2, -0.15) is 5.10 Å². The highest BCUT2D eigenvalue weighted by atomic mass is 15.3. The van der Waals surface area contributed by atoms with E-state index in [2.05, 4.69) is 38.1 Å². The molecule has 1 fully saturated rings. The molecule has 1 aliphatic rings. The first-order valence-electron chi connectivity index (χ1n) is 6.18. The Morgan fingerprint density at radius 2 is 2.06 bits per heavy atom. The zero-order valence-electron chi connectivity index (χ0n) is 11.1. The Balaban J connectivity index is 2.21. The smallest absolute Gasteiger partial charge is 0.0827 e. The molecule has 0 radical (unpaired) electrons. The van der Waals surface area contributed by atoms with Crippen LogP contribution < -0.4 is 5.32 Å². The largest absolute Gasteiger partial charge is 0.379 e. The number of aromatic nitrogens is 2. The minimum Gasteiger partial charge on any atom is -0.379 e. The van der Waals surface area contributed by atoms with Crippen molar-refractivity contribution in [2.45, 2.75) is 53.0 Å². The van der Waals surface area contributed by atoms with Crippen LogP contribution in [0, 0.1) is 19.3 Å². The second-order valence-corrected chi connectivity index (χ2v) is 5.75. The standard InChI is InChI=1S/C13H23N3/c1-9-12(10(2)16(5)15-9)14-11-7-6-8-13(11,3)4/h11,14H,6-8H2,1-5H3. The zero-order chi connectivity index (χ0) is 11.9. The maximum Gasteiger partial charge on any atom is 0.0827 e. The fourth-order valence-corrected chi connectivity index (χ4v) is 2.75. The van der Waals surface area contributed by atoms with E-state index in [0.717, 1.165) is 5.69 Å². The molecular formula is C13H23N3. The number of aryl methyl sites for hydroxylation is 2. The molecule has 90 valence electrons. The number of anilines is 1. The summed E-state index contributed by atoms with van der Waals surface area (Å²) in [6, 6.07) is 0.592. The highest BCUT2D eigenvalue weighted by molar-refractivity contribution is 5.53. The third-order valence-electron chi connectivity index (χ3n) is 4.08. The summed E-state index contributed by atoms with van der Waals surface area (Å²) in [7, 11) is 2.01. The minimum absolute atomic E-state index is 0.411. The van der Waals surface area contributed by atoms with Gasteiger partial charge in [-0.05, 0) is 32.1 Å². The van der Waals surface area contributed by atoms with Gasteiger partial charge in [0.25, 0.3) is 0 Å². The van der Waals surface area contributed by atoms with Crippen LogP contribution in [0.2, 0.25) is 0 Å². The van der Waals surface area contributed by atoms with Gasteiger partial charge in [0.05, 0.1) is 17.1 Å². The molecule has 3 nitrogen and oxygen atoms in total. The number of nitrogens with zero attached hydrogens (tertiary/aromatic N) is 2. The topological polar surface area (TPSA) is 29.9 Å². The molecule has 1 heterocycles. The summed E-state index contributed by atoms with van der Waals surface area (Å²) >= 11 is 0. The molecule has 1 N–H and O–H groups in total. The van der Waals surface area contributed by atoms with E-state index in [9.17, 15) is 0 Å². The Bertz CT molecular complexity index is 390. The molecule has 16 heavy (non-hydrogen) atoms. The normalized spacial score (nSPS) is 23.7. The molecule has 2 rings (SSSR count). The summed E-state index contributed by atoms with van der Waals surface area (Å²) in [6.07, 6.45) is 3.94. The summed E-state index contributed by atoms with van der Waals surface area (Å²) in [5.74, 6) is 0. The molecule has 0 spiro atoms. The summed E-state index contributed by atoms with van der Waals surface area (Å²) in [6.45, 7) is 8.93. The quantitative estimate of drug-likeness (QED) is 0.832. The Kier molecular flexibility index (Phi) is 2.72. The van der Waals surface area contributed by atoms with Gasteiger partial charge in [0.2, 0.25) is 0 Å². The SMILES string of the molecule is Cc1nn(C)c(C)c1NC1CCCC1(C)C. The minimum atomic E-state index is 0.411. The zero-order valence-corrected chi connectivity index (χ0v) is 11.1. The van der Waals surface area contributed by atoms with Crippen molar-refractivity contribution in [2.24, 2.45) is 12.5 Å². The van der Waals surface area contributed by atoms with Crippen LogP contribution in [-0.2, 0) is 7.05 Å². The molecular weight excluding hydrogens is 198 g/mol. The molecule has 1 atom stereocenters. The van der Waals surface area contributed by atoms with Crippen LogP contribution in [0.15, 0.2) is 0 Å². The highest BCUT2D eigenvalue weighted by Crippen LogP contribution is 2.39. The molecule has 0 aliphatic heterocycles. The molecule has 0 aromatic carbocycles. The van der Waals surface area contributed by atoms with Crippen molar-refractivity contribution in [3.63, 3.8) is 0 Å². The predicted octanol–water partition coefficient (Wildman–Crippen LogP) is 3.03. The molecule has 0 bridgehead atoms. The van der Waals surface area contributed by atoms with Gasteiger partial charge in [-0.1, -0.05) is 20.3 Å². The second kappa shape index (κ2) is 3.79. The fraction of sp³-hybridized carbons (Fsp3) is 0.769. The number of rotatable bonds is 2. The average Bonchev–Trinajstić information content (AvgIpc) is 2.62. The van der Waals surface area contributed by atoms with Crippen molar-refractivity contribution >= 4 is 5.69 Å². The van der Waals surface area contributed by atoms with Crippen LogP contribution in [0.1, 0.15) is 44.5 Å². The van der Waals surface area contributed by atoms with Crippen LogP contribution in [0.5, 0.6) is 0 Å². The van der Waals surface area contributed by atoms with E-state index in [-0.39, 0.29) is 0 Å². The molecule has 1 aliphatic carbocycles. The predicted molar refractivity (Wildman–Crippen MR) is 67.7 cm³/mol. The lowest BCUT2D eigenvalue weighted by Gasteiger charge is -2.28. The summed E-state index contributed by atoms with van der Waals surface area (Å²) in [4.78, 5) is 0. The van der Waals surface area contributed by atoms with Crippen LogP contribution >= 0.6 is 0 Å². The fourth-order valence-electron chi connectivity index (χ4n) is 2.75. The molecule has 1 aromatic heterocycles. The monoisotopic (exact) mass is 221 g/mol. The Morgan fingerprint density at radius 3 is 2.50 bits per heavy atom. The van der Waals surface area contributed by atoms with Crippen molar-refractivity contribution in [1.29, 1.82) is 0 Å². The lowest BCUT2D eigenvalue weighted by molar-refractivity contribution is 0.350. The summed E-state index contributed by atoms with van der Waals surface area (Å²) < 4.78 is 1.96. The summed E-state index contributed by atoms with van der Waals surface area (Å²) in [5, 5.41) is 8.16. The molecule has 1 saturated carbocycles. The van der Waals surface area contributed by atoms with Gasteiger partial charge in [0.15, 0.2) is 0 Å². The Hall–Kier alpha value is -0.990. The number of hydrogen-bond acceptors (Lipinski definition) is 2. The van der Waals surface area contributed by atoms with E-state index in [4.69, 9.17) is 0 Å². The molecule has 0 saturated heterocycles.